The summed E-state index contributed by atoms with van der Waals surface area (Å²) in [6.45, 7) is 0. The number of pyridine rings is 1. The normalized spacial score (nSPS) is 11.2. The van der Waals surface area contributed by atoms with Crippen LogP contribution in [0.4, 0.5) is 0 Å². The molecule has 0 fully saturated rings. The molecule has 0 spiro atoms. The lowest BCUT2D eigenvalue weighted by atomic mass is 9.96. The second-order valence-corrected chi connectivity index (χ2v) is 12.5. The zero-order valence-corrected chi connectivity index (χ0v) is 27.2. The molecule has 0 amide bonds. The average molecular weight is 638 g/mol. The molecule has 0 aliphatic carbocycles. The summed E-state index contributed by atoms with van der Waals surface area (Å²) in [6.07, 6.45) is 3.69. The van der Waals surface area contributed by atoms with Gasteiger partial charge in [-0.15, -0.1) is 0 Å². The predicted molar refractivity (Wildman–Crippen MR) is 207 cm³/mol. The Hall–Kier alpha value is -6.71. The second-order valence-electron chi connectivity index (χ2n) is 12.5. The molecule has 0 aliphatic rings. The lowest BCUT2D eigenvalue weighted by Gasteiger charge is -2.12. The van der Waals surface area contributed by atoms with E-state index < -0.39 is 0 Å². The summed E-state index contributed by atoms with van der Waals surface area (Å²) >= 11 is 0. The fraction of sp³-hybridized carbons (Fsp3) is 0. The Morgan fingerprint density at radius 1 is 0.320 bits per heavy atom. The smallest absolute Gasteiger partial charge is 0.160 e. The van der Waals surface area contributed by atoms with Crippen molar-refractivity contribution in [3.8, 4) is 67.3 Å². The third kappa shape index (κ3) is 5.72. The maximum atomic E-state index is 5.23. The van der Waals surface area contributed by atoms with Crippen molar-refractivity contribution in [2.75, 3.05) is 0 Å². The molecule has 2 aromatic heterocycles. The molecule has 0 N–H and O–H groups in total. The van der Waals surface area contributed by atoms with Crippen molar-refractivity contribution >= 4 is 21.5 Å². The first-order chi connectivity index (χ1) is 24.7. The molecule has 9 rings (SSSR count). The van der Waals surface area contributed by atoms with Crippen LogP contribution < -0.4 is 0 Å². The quantitative estimate of drug-likeness (QED) is 0.182. The fourth-order valence-corrected chi connectivity index (χ4v) is 6.77. The first-order valence-electron chi connectivity index (χ1n) is 16.8. The number of hydrogen-bond donors (Lipinski definition) is 0. The zero-order chi connectivity index (χ0) is 33.3. The molecule has 3 heteroatoms. The number of aromatic nitrogens is 3. The fourth-order valence-electron chi connectivity index (χ4n) is 6.77. The van der Waals surface area contributed by atoms with E-state index in [0.29, 0.717) is 5.82 Å². The van der Waals surface area contributed by atoms with E-state index in [9.17, 15) is 0 Å². The van der Waals surface area contributed by atoms with E-state index >= 15 is 0 Å². The Bertz CT molecular complexity index is 2640. The van der Waals surface area contributed by atoms with Gasteiger partial charge in [0.15, 0.2) is 5.82 Å². The minimum atomic E-state index is 0.687. The van der Waals surface area contributed by atoms with Gasteiger partial charge in [-0.25, -0.2) is 9.97 Å². The summed E-state index contributed by atoms with van der Waals surface area (Å²) < 4.78 is 0. The van der Waals surface area contributed by atoms with E-state index in [4.69, 9.17) is 9.97 Å². The van der Waals surface area contributed by atoms with Crippen LogP contribution in [0.1, 0.15) is 0 Å². The molecule has 0 saturated heterocycles. The highest BCUT2D eigenvalue weighted by Crippen LogP contribution is 2.34. The number of hydrogen-bond acceptors (Lipinski definition) is 3. The third-order valence-corrected chi connectivity index (χ3v) is 9.36. The van der Waals surface area contributed by atoms with Gasteiger partial charge in [-0.1, -0.05) is 146 Å². The molecule has 0 radical (unpaired) electrons. The monoisotopic (exact) mass is 637 g/mol. The molecular formula is C47H31N3. The molecule has 234 valence electrons. The maximum Gasteiger partial charge on any atom is 0.160 e. The standard InChI is InChI=1S/C47H31N3/c1-2-11-36-27-38(25-22-32(36)9-1)37-13-5-15-40(28-37)46-30-45(35-23-20-33(21-24-35)42-17-8-26-48-31-42)49-47(50-46)41-16-6-14-39(29-41)44-19-7-12-34-10-3-4-18-43(34)44/h1-31H. The lowest BCUT2D eigenvalue weighted by Crippen LogP contribution is -1.96. The largest absolute Gasteiger partial charge is 0.264 e. The lowest BCUT2D eigenvalue weighted by molar-refractivity contribution is 1.18. The molecule has 0 unspecified atom stereocenters. The van der Waals surface area contributed by atoms with Crippen LogP contribution in [0.5, 0.6) is 0 Å². The van der Waals surface area contributed by atoms with Gasteiger partial charge in [0.05, 0.1) is 11.4 Å². The topological polar surface area (TPSA) is 38.7 Å². The van der Waals surface area contributed by atoms with Crippen LogP contribution in [-0.2, 0) is 0 Å². The number of fused-ring (bicyclic) bond motifs is 2. The van der Waals surface area contributed by atoms with E-state index in [1.165, 1.54) is 32.7 Å². The first-order valence-corrected chi connectivity index (χ1v) is 16.8. The summed E-state index contributed by atoms with van der Waals surface area (Å²) in [5.74, 6) is 0.687. The SMILES string of the molecule is c1cncc(-c2ccc(-c3cc(-c4cccc(-c5ccc6ccccc6c5)c4)nc(-c4cccc(-c5cccc6ccccc56)c4)n3)cc2)c1. The molecular weight excluding hydrogens is 607 g/mol. The van der Waals surface area contributed by atoms with Gasteiger partial charge < -0.3 is 0 Å². The van der Waals surface area contributed by atoms with Crippen LogP contribution in [0.3, 0.4) is 0 Å². The molecule has 0 bridgehead atoms. The van der Waals surface area contributed by atoms with Gasteiger partial charge in [-0.3, -0.25) is 4.98 Å². The van der Waals surface area contributed by atoms with Crippen molar-refractivity contribution in [2.24, 2.45) is 0 Å². The number of benzene rings is 7. The van der Waals surface area contributed by atoms with Gasteiger partial charge >= 0.3 is 0 Å². The van der Waals surface area contributed by atoms with Crippen LogP contribution >= 0.6 is 0 Å². The zero-order valence-electron chi connectivity index (χ0n) is 27.2. The molecule has 9 aromatic rings. The van der Waals surface area contributed by atoms with Crippen LogP contribution in [0.15, 0.2) is 188 Å². The molecule has 50 heavy (non-hydrogen) atoms. The van der Waals surface area contributed by atoms with Gasteiger partial charge in [-0.2, -0.15) is 0 Å². The van der Waals surface area contributed by atoms with Crippen LogP contribution in [0.25, 0.3) is 88.8 Å². The van der Waals surface area contributed by atoms with Crippen molar-refractivity contribution in [1.29, 1.82) is 0 Å². The molecule has 0 saturated carbocycles. The highest BCUT2D eigenvalue weighted by Gasteiger charge is 2.14. The summed E-state index contributed by atoms with van der Waals surface area (Å²) in [5.41, 5.74) is 11.6. The van der Waals surface area contributed by atoms with E-state index in [2.05, 4.69) is 175 Å². The average Bonchev–Trinajstić information content (AvgIpc) is 3.21. The van der Waals surface area contributed by atoms with Gasteiger partial charge in [-0.05, 0) is 85.3 Å². The Kier molecular flexibility index (Phi) is 7.49. The van der Waals surface area contributed by atoms with E-state index in [0.717, 1.165) is 50.3 Å². The van der Waals surface area contributed by atoms with E-state index in [1.54, 1.807) is 6.20 Å². The van der Waals surface area contributed by atoms with E-state index in [-0.39, 0.29) is 0 Å². The number of nitrogens with zero attached hydrogens (tertiary/aromatic N) is 3. The summed E-state index contributed by atoms with van der Waals surface area (Å²) in [5, 5.41) is 4.90. The van der Waals surface area contributed by atoms with Gasteiger partial charge in [0.1, 0.15) is 0 Å². The predicted octanol–water partition coefficient (Wildman–Crippen LogP) is 12.2. The first kappa shape index (κ1) is 29.4. The Balaban J connectivity index is 1.17. The summed E-state index contributed by atoms with van der Waals surface area (Å²) in [6, 6.07) is 62.1. The van der Waals surface area contributed by atoms with Crippen LogP contribution in [-0.4, -0.2) is 15.0 Å². The molecule has 0 atom stereocenters. The Morgan fingerprint density at radius 3 is 1.76 bits per heavy atom. The molecule has 0 aliphatic heterocycles. The van der Waals surface area contributed by atoms with Crippen molar-refractivity contribution < 1.29 is 0 Å². The third-order valence-electron chi connectivity index (χ3n) is 9.36. The molecule has 7 aromatic carbocycles. The highest BCUT2D eigenvalue weighted by atomic mass is 14.9. The maximum absolute atomic E-state index is 5.23. The van der Waals surface area contributed by atoms with Crippen molar-refractivity contribution in [1.82, 2.24) is 15.0 Å². The summed E-state index contributed by atoms with van der Waals surface area (Å²) in [4.78, 5) is 14.7. The highest BCUT2D eigenvalue weighted by molar-refractivity contribution is 5.97. The van der Waals surface area contributed by atoms with Crippen molar-refractivity contribution in [3.05, 3.63) is 188 Å². The van der Waals surface area contributed by atoms with Gasteiger partial charge in [0.2, 0.25) is 0 Å². The molecule has 3 nitrogen and oxygen atoms in total. The van der Waals surface area contributed by atoms with E-state index in [1.807, 2.05) is 12.3 Å². The number of rotatable bonds is 6. The van der Waals surface area contributed by atoms with Gasteiger partial charge in [0, 0.05) is 29.1 Å². The molecule has 2 heterocycles. The van der Waals surface area contributed by atoms with Gasteiger partial charge in [0.25, 0.3) is 0 Å². The minimum Gasteiger partial charge on any atom is -0.264 e. The second kappa shape index (κ2) is 12.7. The van der Waals surface area contributed by atoms with Crippen molar-refractivity contribution in [3.63, 3.8) is 0 Å². The minimum absolute atomic E-state index is 0.687. The summed E-state index contributed by atoms with van der Waals surface area (Å²) in [7, 11) is 0. The van der Waals surface area contributed by atoms with Crippen molar-refractivity contribution in [2.45, 2.75) is 0 Å². The Morgan fingerprint density at radius 2 is 0.920 bits per heavy atom. The Labute approximate surface area is 291 Å². The van der Waals surface area contributed by atoms with Crippen LogP contribution in [0.2, 0.25) is 0 Å². The van der Waals surface area contributed by atoms with Crippen LogP contribution in [0, 0.1) is 0 Å².